The highest BCUT2D eigenvalue weighted by molar-refractivity contribution is 7.99. The zero-order valence-electron chi connectivity index (χ0n) is 16.5. The lowest BCUT2D eigenvalue weighted by molar-refractivity contribution is -0.120. The van der Waals surface area contributed by atoms with Gasteiger partial charge >= 0.3 is 0 Å². The summed E-state index contributed by atoms with van der Waals surface area (Å²) in [7, 11) is 0. The standard InChI is InChI=1S/C21H24N4O2S2/c1-12(15-8-5-6-10-22-15)23-19(26)13(2)28-11-17-24-20(27)18-14-7-3-4-9-16(14)29-21(18)25-17/h5-6,8,10,12-13H,3-4,7,9,11H2,1-2H3,(H,23,26)(H,24,25,27)/t12-,13+/m0/s1. The Kier molecular flexibility index (Phi) is 6.01. The van der Waals surface area contributed by atoms with Crippen LogP contribution in [0.5, 0.6) is 0 Å². The Morgan fingerprint density at radius 3 is 2.93 bits per heavy atom. The molecule has 1 amide bonds. The number of nitrogens with one attached hydrogen (secondary N) is 2. The van der Waals surface area contributed by atoms with Gasteiger partial charge in [-0.3, -0.25) is 14.6 Å². The molecule has 0 unspecified atom stereocenters. The normalized spacial score (nSPS) is 15.7. The van der Waals surface area contributed by atoms with E-state index in [1.54, 1.807) is 17.5 Å². The van der Waals surface area contributed by atoms with Crippen molar-refractivity contribution in [2.75, 3.05) is 0 Å². The molecule has 152 valence electrons. The van der Waals surface area contributed by atoms with E-state index in [0.29, 0.717) is 11.6 Å². The second-order valence-electron chi connectivity index (χ2n) is 7.34. The van der Waals surface area contributed by atoms with Crippen LogP contribution < -0.4 is 10.9 Å². The lowest BCUT2D eigenvalue weighted by Gasteiger charge is -2.17. The van der Waals surface area contributed by atoms with Crippen molar-refractivity contribution in [2.45, 2.75) is 56.6 Å². The van der Waals surface area contributed by atoms with E-state index < -0.39 is 0 Å². The van der Waals surface area contributed by atoms with Gasteiger partial charge in [-0.05, 0) is 57.2 Å². The topological polar surface area (TPSA) is 87.7 Å². The maximum absolute atomic E-state index is 12.6. The van der Waals surface area contributed by atoms with Crippen LogP contribution in [0, 0.1) is 0 Å². The fourth-order valence-corrected chi connectivity index (χ4v) is 5.64. The number of nitrogens with zero attached hydrogens (tertiary/aromatic N) is 2. The zero-order valence-corrected chi connectivity index (χ0v) is 18.2. The Balaban J connectivity index is 1.41. The summed E-state index contributed by atoms with van der Waals surface area (Å²) in [4.78, 5) is 39.2. The van der Waals surface area contributed by atoms with Gasteiger partial charge < -0.3 is 10.3 Å². The number of aromatic nitrogens is 3. The molecule has 3 aromatic rings. The predicted molar refractivity (Wildman–Crippen MR) is 118 cm³/mol. The molecule has 0 radical (unpaired) electrons. The minimum Gasteiger partial charge on any atom is -0.347 e. The van der Waals surface area contributed by atoms with Crippen molar-refractivity contribution in [3.8, 4) is 0 Å². The van der Waals surface area contributed by atoms with E-state index in [-0.39, 0.29) is 22.8 Å². The number of H-pyrrole nitrogens is 1. The number of aromatic amines is 1. The zero-order chi connectivity index (χ0) is 20.4. The summed E-state index contributed by atoms with van der Waals surface area (Å²) in [5.74, 6) is 1.06. The highest BCUT2D eigenvalue weighted by Crippen LogP contribution is 2.33. The van der Waals surface area contributed by atoms with Gasteiger partial charge in [0.15, 0.2) is 0 Å². The van der Waals surface area contributed by atoms with Crippen LogP contribution in [0.2, 0.25) is 0 Å². The summed E-state index contributed by atoms with van der Waals surface area (Å²) in [6.45, 7) is 3.79. The number of hydrogen-bond donors (Lipinski definition) is 2. The van der Waals surface area contributed by atoms with Crippen LogP contribution >= 0.6 is 23.1 Å². The Morgan fingerprint density at radius 2 is 2.14 bits per heavy atom. The molecule has 3 heterocycles. The van der Waals surface area contributed by atoms with E-state index in [0.717, 1.165) is 35.2 Å². The molecule has 3 aromatic heterocycles. The fraction of sp³-hybridized carbons (Fsp3) is 0.429. The summed E-state index contributed by atoms with van der Waals surface area (Å²) >= 11 is 3.11. The third-order valence-corrected chi connectivity index (χ3v) is 7.54. The smallest absolute Gasteiger partial charge is 0.259 e. The van der Waals surface area contributed by atoms with E-state index in [1.807, 2.05) is 32.0 Å². The van der Waals surface area contributed by atoms with E-state index in [2.05, 4.69) is 20.3 Å². The number of aryl methyl sites for hydroxylation is 2. The van der Waals surface area contributed by atoms with Crippen molar-refractivity contribution in [3.05, 3.63) is 56.7 Å². The fourth-order valence-electron chi connectivity index (χ4n) is 3.59. The van der Waals surface area contributed by atoms with E-state index in [9.17, 15) is 9.59 Å². The summed E-state index contributed by atoms with van der Waals surface area (Å²) in [6.07, 6.45) is 6.06. The molecule has 0 fully saturated rings. The second kappa shape index (κ2) is 8.67. The molecule has 8 heteroatoms. The third-order valence-electron chi connectivity index (χ3n) is 5.20. The number of carbonyl (C=O) groups is 1. The number of rotatable bonds is 6. The van der Waals surface area contributed by atoms with Crippen molar-refractivity contribution in [1.82, 2.24) is 20.3 Å². The molecule has 0 aromatic carbocycles. The molecule has 1 aliphatic carbocycles. The van der Waals surface area contributed by atoms with E-state index in [1.165, 1.54) is 28.6 Å². The average molecular weight is 429 g/mol. The first-order valence-corrected chi connectivity index (χ1v) is 11.8. The molecule has 0 saturated carbocycles. The molecular weight excluding hydrogens is 404 g/mol. The quantitative estimate of drug-likeness (QED) is 0.624. The second-order valence-corrected chi connectivity index (χ2v) is 9.75. The number of pyridine rings is 1. The first-order chi connectivity index (χ1) is 14.0. The van der Waals surface area contributed by atoms with Gasteiger partial charge in [-0.25, -0.2) is 4.98 Å². The minimum atomic E-state index is -0.265. The van der Waals surface area contributed by atoms with Gasteiger partial charge in [0.2, 0.25) is 5.91 Å². The van der Waals surface area contributed by atoms with Gasteiger partial charge in [0, 0.05) is 11.1 Å². The van der Waals surface area contributed by atoms with Crippen LogP contribution in [0.25, 0.3) is 10.2 Å². The maximum Gasteiger partial charge on any atom is 0.259 e. The monoisotopic (exact) mass is 428 g/mol. The molecular formula is C21H24N4O2S2. The maximum atomic E-state index is 12.6. The van der Waals surface area contributed by atoms with Crippen molar-refractivity contribution in [2.24, 2.45) is 0 Å². The number of fused-ring (bicyclic) bond motifs is 3. The van der Waals surface area contributed by atoms with Crippen LogP contribution in [0.4, 0.5) is 0 Å². The molecule has 29 heavy (non-hydrogen) atoms. The van der Waals surface area contributed by atoms with E-state index in [4.69, 9.17) is 0 Å². The summed E-state index contributed by atoms with van der Waals surface area (Å²) < 4.78 is 0. The number of hydrogen-bond acceptors (Lipinski definition) is 6. The largest absolute Gasteiger partial charge is 0.347 e. The molecule has 0 aliphatic heterocycles. The van der Waals surface area contributed by atoms with Crippen molar-refractivity contribution < 1.29 is 4.79 Å². The number of amides is 1. The number of carbonyl (C=O) groups excluding carboxylic acids is 1. The van der Waals surface area contributed by atoms with Crippen LogP contribution in [0.15, 0.2) is 29.2 Å². The highest BCUT2D eigenvalue weighted by atomic mass is 32.2. The lowest BCUT2D eigenvalue weighted by Crippen LogP contribution is -2.33. The van der Waals surface area contributed by atoms with Gasteiger partial charge in [-0.1, -0.05) is 6.07 Å². The Morgan fingerprint density at radius 1 is 1.31 bits per heavy atom. The summed E-state index contributed by atoms with van der Waals surface area (Å²) in [6, 6.07) is 5.50. The first kappa shape index (κ1) is 20.1. The van der Waals surface area contributed by atoms with Crippen LogP contribution in [-0.2, 0) is 23.4 Å². The Bertz CT molecular complexity index is 1080. The van der Waals surface area contributed by atoms with Crippen LogP contribution in [0.1, 0.15) is 54.7 Å². The molecule has 4 rings (SSSR count). The van der Waals surface area contributed by atoms with Crippen LogP contribution in [0.3, 0.4) is 0 Å². The predicted octanol–water partition coefficient (Wildman–Crippen LogP) is 3.76. The van der Waals surface area contributed by atoms with Gasteiger partial charge in [0.05, 0.1) is 28.1 Å². The average Bonchev–Trinajstić information content (AvgIpc) is 3.11. The molecule has 2 atom stereocenters. The van der Waals surface area contributed by atoms with E-state index >= 15 is 0 Å². The van der Waals surface area contributed by atoms with Crippen molar-refractivity contribution in [3.63, 3.8) is 0 Å². The van der Waals surface area contributed by atoms with Crippen molar-refractivity contribution >= 4 is 39.2 Å². The summed E-state index contributed by atoms with van der Waals surface area (Å²) in [5.41, 5.74) is 1.97. The van der Waals surface area contributed by atoms with Crippen LogP contribution in [-0.4, -0.2) is 26.1 Å². The summed E-state index contributed by atoms with van der Waals surface area (Å²) in [5, 5.41) is 3.50. The minimum absolute atomic E-state index is 0.0501. The number of thiophene rings is 1. The molecule has 0 bridgehead atoms. The SMILES string of the molecule is C[C@H](NC(=O)[C@@H](C)SCc1nc2sc3c(c2c(=O)[nH]1)CCCC3)c1ccccn1. The number of thioether (sulfide) groups is 1. The Labute approximate surface area is 177 Å². The Hall–Kier alpha value is -2.19. The molecule has 6 nitrogen and oxygen atoms in total. The molecule has 0 saturated heterocycles. The lowest BCUT2D eigenvalue weighted by atomic mass is 9.97. The van der Waals surface area contributed by atoms with Crippen molar-refractivity contribution in [1.29, 1.82) is 0 Å². The van der Waals surface area contributed by atoms with Gasteiger partial charge in [-0.15, -0.1) is 23.1 Å². The third kappa shape index (κ3) is 4.38. The first-order valence-electron chi connectivity index (χ1n) is 9.89. The highest BCUT2D eigenvalue weighted by Gasteiger charge is 2.21. The van der Waals surface area contributed by atoms with Gasteiger partial charge in [0.25, 0.3) is 5.56 Å². The molecule has 0 spiro atoms. The van der Waals surface area contributed by atoms with Gasteiger partial charge in [-0.2, -0.15) is 0 Å². The van der Waals surface area contributed by atoms with Gasteiger partial charge in [0.1, 0.15) is 10.7 Å². The molecule has 1 aliphatic rings. The molecule has 2 N–H and O–H groups in total.